The van der Waals surface area contributed by atoms with Crippen molar-refractivity contribution in [2.24, 2.45) is 22.7 Å². The summed E-state index contributed by atoms with van der Waals surface area (Å²) in [5.41, 5.74) is -1.70. The van der Waals surface area contributed by atoms with Crippen molar-refractivity contribution in [3.05, 3.63) is 58.2 Å². The van der Waals surface area contributed by atoms with E-state index in [-0.39, 0.29) is 31.6 Å². The third kappa shape index (κ3) is 17.6. The Hall–Kier alpha value is -3.42. The Morgan fingerprint density at radius 1 is 0.637 bits per heavy atom. The van der Waals surface area contributed by atoms with Crippen molar-refractivity contribution in [2.75, 3.05) is 33.0 Å². The van der Waals surface area contributed by atoms with Gasteiger partial charge in [-0.15, -0.1) is 0 Å². The van der Waals surface area contributed by atoms with Crippen molar-refractivity contribution in [3.63, 3.8) is 0 Å². The minimum atomic E-state index is -2.70. The third-order valence-corrected chi connectivity index (χ3v) is 16.9. The lowest BCUT2D eigenvalue weighted by Crippen LogP contribution is -2.59. The van der Waals surface area contributed by atoms with Gasteiger partial charge in [0.25, 0.3) is 12.6 Å². The smallest absolute Gasteiger partial charge is 0.314 e. The summed E-state index contributed by atoms with van der Waals surface area (Å²) in [5, 5.41) is 219. The van der Waals surface area contributed by atoms with Crippen LogP contribution in [-0.2, 0) is 33.2 Å². The number of carbonyl (C=O) groups excluding carboxylic acids is 1. The second kappa shape index (κ2) is 32.0. The Bertz CT molecular complexity index is 2100. The van der Waals surface area contributed by atoms with Crippen LogP contribution in [-0.4, -0.2) is 230 Å². The van der Waals surface area contributed by atoms with Crippen molar-refractivity contribution in [1.82, 2.24) is 0 Å². The average Bonchev–Trinajstić information content (AvgIpc) is 3.48. The van der Waals surface area contributed by atoms with Crippen LogP contribution in [0.3, 0.4) is 0 Å². The van der Waals surface area contributed by atoms with Gasteiger partial charge in [-0.2, -0.15) is 0 Å². The van der Waals surface area contributed by atoms with Gasteiger partial charge in [-0.1, -0.05) is 39.7 Å². The van der Waals surface area contributed by atoms with Gasteiger partial charge in [0.15, 0.2) is 34.6 Å². The third-order valence-electron chi connectivity index (χ3n) is 15.4. The normalized spacial score (nSPS) is 32.3. The predicted octanol–water partition coefficient (Wildman–Crippen LogP) is -0.275. The maximum Gasteiger partial charge on any atom is 0.314 e. The molecule has 2 aliphatic carbocycles. The molecule has 3 rings (SSSR count). The van der Waals surface area contributed by atoms with Crippen molar-refractivity contribution in [1.29, 1.82) is 0 Å². The highest BCUT2D eigenvalue weighted by Gasteiger charge is 2.57. The van der Waals surface area contributed by atoms with Crippen LogP contribution >= 0.6 is 22.6 Å². The molecular formula is C51H85IO28. The fraction of sp³-hybridized carbons (Fsp3) is 0.784. The highest BCUT2D eigenvalue weighted by atomic mass is 127. The number of hydrogen-bond acceptors (Lipinski definition) is 28. The number of fused-ring (bicyclic) bond motifs is 1. The molecule has 0 aromatic heterocycles. The molecule has 1 saturated heterocycles. The molecule has 80 heavy (non-hydrogen) atoms. The molecule has 0 amide bonds. The Balaban J connectivity index is 2.01. The molecule has 0 spiro atoms. The number of aliphatic hydroxyl groups excluding tert-OH is 21. The van der Waals surface area contributed by atoms with E-state index >= 15 is 0 Å². The summed E-state index contributed by atoms with van der Waals surface area (Å²) in [7, 11) is 0. The van der Waals surface area contributed by atoms with E-state index in [0.29, 0.717) is 44.1 Å². The van der Waals surface area contributed by atoms with Crippen LogP contribution in [0.5, 0.6) is 0 Å². The molecule has 21 N–H and O–H groups in total. The maximum atomic E-state index is 14.7. The summed E-state index contributed by atoms with van der Waals surface area (Å²) in [4.78, 5) is 14.7. The molecule has 2 saturated carbocycles. The topological polar surface area (TPSA) is 497 Å². The lowest BCUT2D eigenvalue weighted by molar-refractivity contribution is -0.299. The Morgan fingerprint density at radius 3 is 1.73 bits per heavy atom. The number of carbonyl (C=O) groups is 1. The fourth-order valence-electron chi connectivity index (χ4n) is 10.5. The number of esters is 1. The summed E-state index contributed by atoms with van der Waals surface area (Å²) < 4.78 is 31.5. The van der Waals surface area contributed by atoms with E-state index in [4.69, 9.17) is 33.5 Å². The van der Waals surface area contributed by atoms with Gasteiger partial charge in [0.1, 0.15) is 52.4 Å². The molecular weight excluding hydrogens is 1190 g/mol. The van der Waals surface area contributed by atoms with Crippen LogP contribution in [0.25, 0.3) is 0 Å². The first-order chi connectivity index (χ1) is 37.5. The molecule has 0 bridgehead atoms. The highest BCUT2D eigenvalue weighted by Crippen LogP contribution is 2.60. The first-order valence-corrected chi connectivity index (χ1v) is 27.4. The minimum absolute atomic E-state index is 0.0457. The average molecular weight is 1270 g/mol. The van der Waals surface area contributed by atoms with Gasteiger partial charge < -0.3 is 136 Å². The van der Waals surface area contributed by atoms with E-state index in [1.165, 1.54) is 0 Å². The Morgan fingerprint density at radius 2 is 1.18 bits per heavy atom. The number of rotatable bonds is 28. The molecule has 29 heteroatoms. The molecule has 3 fully saturated rings. The number of hydrogen-bond donors (Lipinski definition) is 21. The van der Waals surface area contributed by atoms with Crippen LogP contribution in [0, 0.1) is 22.7 Å². The van der Waals surface area contributed by atoms with Crippen LogP contribution in [0.4, 0.5) is 0 Å². The number of aliphatic hydroxyl groups is 21. The molecule has 15 unspecified atom stereocenters. The van der Waals surface area contributed by atoms with E-state index in [1.807, 2.05) is 36.4 Å². The molecule has 1 aliphatic heterocycles. The first kappa shape index (κ1) is 70.8. The van der Waals surface area contributed by atoms with Crippen LogP contribution in [0.15, 0.2) is 58.2 Å². The molecule has 1 heterocycles. The van der Waals surface area contributed by atoms with Crippen molar-refractivity contribution in [2.45, 2.75) is 195 Å². The predicted molar refractivity (Wildman–Crippen MR) is 282 cm³/mol. The Kier molecular flexibility index (Phi) is 28.4. The lowest BCUT2D eigenvalue weighted by Gasteiger charge is -2.54. The quantitative estimate of drug-likeness (QED) is 0.0120. The minimum Gasteiger partial charge on any atom is -0.506 e. The highest BCUT2D eigenvalue weighted by molar-refractivity contribution is 14.1. The summed E-state index contributed by atoms with van der Waals surface area (Å²) >= 11 is 1.89. The zero-order valence-electron chi connectivity index (χ0n) is 44.9. The largest absolute Gasteiger partial charge is 0.506 e. The van der Waals surface area contributed by atoms with Gasteiger partial charge in [-0.05, 0) is 97.3 Å². The van der Waals surface area contributed by atoms with Gasteiger partial charge in [0.2, 0.25) is 30.4 Å². The van der Waals surface area contributed by atoms with Crippen LogP contribution in [0.1, 0.15) is 111 Å². The Labute approximate surface area is 475 Å². The second-order valence-electron chi connectivity index (χ2n) is 20.7. The maximum absolute atomic E-state index is 14.7. The van der Waals surface area contributed by atoms with E-state index in [0.717, 1.165) is 0 Å². The SMILES string of the molecule is C=C1CCCCC2[C@](C)(C(=O)OC(O)/C(OC3OC(CO)C(O)C(O)C3O)=C(/O)C(O)CCO)CCC[C@@]2(C)[C@@H](CC)CCC1(I)OC(O)/C(OC(O)/C(O)=C(\O)C(O)CCO)=C(/O)C(O)CCOC(O)/C(O)=C(\O)C(O)CCO. The first-order valence-electron chi connectivity index (χ1n) is 26.3. The van der Waals surface area contributed by atoms with E-state index < -0.39 is 211 Å². The van der Waals surface area contributed by atoms with Gasteiger partial charge in [0, 0.05) is 45.5 Å². The molecule has 3 aliphatic rings. The molecule has 0 aromatic carbocycles. The fourth-order valence-corrected chi connectivity index (χ4v) is 11.4. The lowest BCUT2D eigenvalue weighted by atomic mass is 9.50. The van der Waals surface area contributed by atoms with Gasteiger partial charge in [-0.3, -0.25) is 4.79 Å². The monoisotopic (exact) mass is 1270 g/mol. The number of halogens is 1. The summed E-state index contributed by atoms with van der Waals surface area (Å²) in [6.45, 7) is 6.26. The number of ether oxygens (including phenoxy) is 6. The van der Waals surface area contributed by atoms with Crippen LogP contribution in [0.2, 0.25) is 0 Å². The molecule has 0 radical (unpaired) electrons. The van der Waals surface area contributed by atoms with Gasteiger partial charge >= 0.3 is 5.97 Å². The standard InChI is InChI=1S/C51H85IO28/c1-5-25-11-18-51(52,80-46(73)42(77-44(71)39(68)33(62)27(58)13-20-54)35(64)29(60)15-22-75-43(70)38(67)32(61)26(57)12-19-53)24(2)9-6-7-10-31-49(25,3)16-8-17-50(31,4)48(74)79-45(72)41(34(63)28(59)14-21-55)78-47-40(69)37(66)36(65)30(23-56)76-47/h25-31,36-37,40,43-47,53-73H,2,5-23H2,1,3-4H3/b38-32+,39-33+,41-34-,42-35-/t25-,26?,27?,28?,29?,30?,31?,36?,37?,40?,43?,44?,45?,46?,47?,49-,50+,51?/m0/s1. The van der Waals surface area contributed by atoms with Gasteiger partial charge in [-0.25, -0.2) is 0 Å². The van der Waals surface area contributed by atoms with E-state index in [2.05, 4.69) is 6.58 Å². The van der Waals surface area contributed by atoms with Gasteiger partial charge in [0.05, 0.1) is 18.6 Å². The number of alkyl halides is 1. The van der Waals surface area contributed by atoms with Crippen LogP contribution < -0.4 is 0 Å². The van der Waals surface area contributed by atoms with E-state index in [1.54, 1.807) is 6.92 Å². The van der Waals surface area contributed by atoms with Crippen molar-refractivity contribution < 1.29 is 140 Å². The second-order valence-corrected chi connectivity index (χ2v) is 22.5. The summed E-state index contributed by atoms with van der Waals surface area (Å²) in [6.07, 6.45) is -25.7. The molecule has 18 atom stereocenters. The zero-order chi connectivity index (χ0) is 60.6. The van der Waals surface area contributed by atoms with Crippen molar-refractivity contribution in [3.8, 4) is 0 Å². The summed E-state index contributed by atoms with van der Waals surface area (Å²) in [6, 6.07) is 0. The zero-order valence-corrected chi connectivity index (χ0v) is 47.1. The summed E-state index contributed by atoms with van der Waals surface area (Å²) in [5.74, 6) is -11.5. The molecule has 0 aromatic rings. The molecule has 464 valence electrons. The molecule has 28 nitrogen and oxygen atoms in total. The van der Waals surface area contributed by atoms with E-state index in [9.17, 15) is 107 Å². The van der Waals surface area contributed by atoms with Crippen molar-refractivity contribution >= 4 is 28.6 Å².